The topological polar surface area (TPSA) is 65.7 Å². The number of hydrogen-bond acceptors (Lipinski definition) is 2. The van der Waals surface area contributed by atoms with Crippen LogP contribution in [0.3, 0.4) is 0 Å². The number of hydrogen-bond donors (Lipinski definition) is 2. The first-order valence-corrected chi connectivity index (χ1v) is 7.28. The highest BCUT2D eigenvalue weighted by atomic mass is 79.9. The molecule has 1 aromatic heterocycles. The molecule has 5 heteroatoms. The van der Waals surface area contributed by atoms with E-state index in [1.54, 1.807) is 12.1 Å². The zero-order valence-electron chi connectivity index (χ0n) is 11.6. The molecular weight excluding hydrogens is 332 g/mol. The van der Waals surface area contributed by atoms with Crippen LogP contribution in [0.25, 0.3) is 11.0 Å². The summed E-state index contributed by atoms with van der Waals surface area (Å²) in [4.78, 5) is 29.4. The average molecular weight is 345 g/mol. The Kier molecular flexibility index (Phi) is 3.29. The second-order valence-electron chi connectivity index (χ2n) is 5.16. The van der Waals surface area contributed by atoms with Crippen molar-refractivity contribution in [3.8, 4) is 0 Å². The summed E-state index contributed by atoms with van der Waals surface area (Å²) in [6, 6.07) is 9.19. The molecule has 0 aliphatic heterocycles. The second-order valence-corrected chi connectivity index (χ2v) is 6.02. The average Bonchev–Trinajstić information content (AvgIpc) is 2.75. The van der Waals surface area contributed by atoms with Crippen molar-refractivity contribution < 1.29 is 4.79 Å². The van der Waals surface area contributed by atoms with Gasteiger partial charge in [0.05, 0.1) is 11.0 Å². The molecule has 2 aromatic carbocycles. The maximum Gasteiger partial charge on any atom is 0.323 e. The third-order valence-corrected chi connectivity index (χ3v) is 3.99. The van der Waals surface area contributed by atoms with E-state index in [2.05, 4.69) is 25.9 Å². The van der Waals surface area contributed by atoms with Crippen LogP contribution >= 0.6 is 15.9 Å². The predicted octanol–water partition coefficient (Wildman–Crippen LogP) is 3.47. The summed E-state index contributed by atoms with van der Waals surface area (Å²) in [7, 11) is 0. The molecule has 2 N–H and O–H groups in total. The SMILES string of the molecule is Cc1cc(C)cc(C(=O)c2cc3[nH]c(=O)[nH]c3cc2Br)c1. The van der Waals surface area contributed by atoms with Crippen LogP contribution in [0, 0.1) is 13.8 Å². The first kappa shape index (κ1) is 13.8. The molecule has 0 fully saturated rings. The lowest BCUT2D eigenvalue weighted by atomic mass is 9.99. The first-order valence-electron chi connectivity index (χ1n) is 6.48. The van der Waals surface area contributed by atoms with Crippen molar-refractivity contribution in [2.45, 2.75) is 13.8 Å². The van der Waals surface area contributed by atoms with Crippen molar-refractivity contribution in [2.24, 2.45) is 0 Å². The lowest BCUT2D eigenvalue weighted by Crippen LogP contribution is -2.03. The molecule has 21 heavy (non-hydrogen) atoms. The van der Waals surface area contributed by atoms with Gasteiger partial charge in [0.2, 0.25) is 0 Å². The molecule has 0 amide bonds. The lowest BCUT2D eigenvalue weighted by Gasteiger charge is -2.07. The number of imidazole rings is 1. The first-order chi connectivity index (χ1) is 9.94. The molecule has 0 saturated heterocycles. The van der Waals surface area contributed by atoms with Crippen molar-refractivity contribution in [2.75, 3.05) is 0 Å². The Morgan fingerprint density at radius 1 is 0.952 bits per heavy atom. The van der Waals surface area contributed by atoms with E-state index >= 15 is 0 Å². The largest absolute Gasteiger partial charge is 0.323 e. The van der Waals surface area contributed by atoms with Crippen LogP contribution in [0.15, 0.2) is 39.6 Å². The molecule has 0 atom stereocenters. The molecule has 0 aliphatic carbocycles. The standard InChI is InChI=1S/C16H13BrN2O2/c1-8-3-9(2)5-10(4-8)15(20)11-6-13-14(7-12(11)17)19-16(21)18-13/h3-7H,1-2H3,(H2,18,19,21). The number of rotatable bonds is 2. The molecule has 0 radical (unpaired) electrons. The molecule has 1 heterocycles. The van der Waals surface area contributed by atoms with Gasteiger partial charge in [-0.1, -0.05) is 17.2 Å². The van der Waals surface area contributed by atoms with Crippen molar-refractivity contribution in [1.29, 1.82) is 0 Å². The molecule has 4 nitrogen and oxygen atoms in total. The third-order valence-electron chi connectivity index (χ3n) is 3.33. The van der Waals surface area contributed by atoms with E-state index in [0.29, 0.717) is 26.6 Å². The summed E-state index contributed by atoms with van der Waals surface area (Å²) in [6.07, 6.45) is 0. The maximum atomic E-state index is 12.7. The molecule has 0 bridgehead atoms. The molecule has 106 valence electrons. The Bertz CT molecular complexity index is 901. The number of ketones is 1. The van der Waals surface area contributed by atoms with Crippen molar-refractivity contribution >= 4 is 32.7 Å². The zero-order valence-corrected chi connectivity index (χ0v) is 13.2. The number of aromatic nitrogens is 2. The van der Waals surface area contributed by atoms with E-state index < -0.39 is 0 Å². The maximum absolute atomic E-state index is 12.7. The summed E-state index contributed by atoms with van der Waals surface area (Å²) in [5.74, 6) is -0.0716. The van der Waals surface area contributed by atoms with E-state index in [1.165, 1.54) is 0 Å². The smallest absolute Gasteiger partial charge is 0.306 e. The highest BCUT2D eigenvalue weighted by Crippen LogP contribution is 2.25. The van der Waals surface area contributed by atoms with Crippen LogP contribution < -0.4 is 5.69 Å². The monoisotopic (exact) mass is 344 g/mol. The van der Waals surface area contributed by atoms with Gasteiger partial charge in [-0.25, -0.2) is 4.79 Å². The van der Waals surface area contributed by atoms with Crippen molar-refractivity contribution in [3.05, 3.63) is 67.5 Å². The number of nitrogens with one attached hydrogen (secondary N) is 2. The number of carbonyl (C=O) groups is 1. The molecule has 0 saturated carbocycles. The fraction of sp³-hybridized carbons (Fsp3) is 0.125. The van der Waals surface area contributed by atoms with Crippen LogP contribution in [0.2, 0.25) is 0 Å². The van der Waals surface area contributed by atoms with Gasteiger partial charge in [0, 0.05) is 15.6 Å². The number of halogens is 1. The second kappa shape index (κ2) is 5.00. The van der Waals surface area contributed by atoms with Gasteiger partial charge < -0.3 is 9.97 Å². The van der Waals surface area contributed by atoms with Gasteiger partial charge in [-0.3, -0.25) is 4.79 Å². The zero-order chi connectivity index (χ0) is 15.1. The van der Waals surface area contributed by atoms with Gasteiger partial charge in [-0.2, -0.15) is 0 Å². The van der Waals surface area contributed by atoms with Gasteiger partial charge >= 0.3 is 5.69 Å². The Labute approximate surface area is 129 Å². The van der Waals surface area contributed by atoms with Gasteiger partial charge in [0.25, 0.3) is 0 Å². The van der Waals surface area contributed by atoms with E-state index in [-0.39, 0.29) is 11.5 Å². The fourth-order valence-electron chi connectivity index (χ4n) is 2.49. The normalized spacial score (nSPS) is 11.0. The molecule has 0 unspecified atom stereocenters. The Hall–Kier alpha value is -2.14. The quantitative estimate of drug-likeness (QED) is 0.699. The summed E-state index contributed by atoms with van der Waals surface area (Å²) >= 11 is 3.40. The van der Waals surface area contributed by atoms with Crippen LogP contribution in [-0.2, 0) is 0 Å². The van der Waals surface area contributed by atoms with E-state index in [4.69, 9.17) is 0 Å². The van der Waals surface area contributed by atoms with E-state index in [1.807, 2.05) is 32.0 Å². The Morgan fingerprint density at radius 2 is 1.52 bits per heavy atom. The van der Waals surface area contributed by atoms with Gasteiger partial charge in [0.1, 0.15) is 0 Å². The highest BCUT2D eigenvalue weighted by molar-refractivity contribution is 9.10. The Balaban J connectivity index is 2.16. The van der Waals surface area contributed by atoms with Crippen molar-refractivity contribution in [3.63, 3.8) is 0 Å². The van der Waals surface area contributed by atoms with Crippen LogP contribution in [0.1, 0.15) is 27.0 Å². The minimum absolute atomic E-state index is 0.0716. The molecule has 0 aliphatic rings. The van der Waals surface area contributed by atoms with Crippen LogP contribution in [0.5, 0.6) is 0 Å². The van der Waals surface area contributed by atoms with Crippen molar-refractivity contribution in [1.82, 2.24) is 9.97 Å². The minimum Gasteiger partial charge on any atom is -0.306 e. The van der Waals surface area contributed by atoms with Gasteiger partial charge in [-0.05, 0) is 54.0 Å². The molecule has 3 rings (SSSR count). The predicted molar refractivity (Wildman–Crippen MR) is 86.0 cm³/mol. The number of carbonyl (C=O) groups excluding carboxylic acids is 1. The third kappa shape index (κ3) is 2.56. The summed E-state index contributed by atoms with van der Waals surface area (Å²) in [5.41, 5.74) is 4.28. The summed E-state index contributed by atoms with van der Waals surface area (Å²) in [5, 5.41) is 0. The van der Waals surface area contributed by atoms with Crippen LogP contribution in [0.4, 0.5) is 0 Å². The summed E-state index contributed by atoms with van der Waals surface area (Å²) < 4.78 is 0.661. The number of fused-ring (bicyclic) bond motifs is 1. The van der Waals surface area contributed by atoms with Gasteiger partial charge in [-0.15, -0.1) is 0 Å². The fourth-order valence-corrected chi connectivity index (χ4v) is 3.01. The minimum atomic E-state index is -0.284. The highest BCUT2D eigenvalue weighted by Gasteiger charge is 2.15. The number of benzene rings is 2. The van der Waals surface area contributed by atoms with E-state index in [0.717, 1.165) is 11.1 Å². The van der Waals surface area contributed by atoms with E-state index in [9.17, 15) is 9.59 Å². The number of aromatic amines is 2. The molecule has 0 spiro atoms. The van der Waals surface area contributed by atoms with Gasteiger partial charge in [0.15, 0.2) is 5.78 Å². The number of aryl methyl sites for hydroxylation is 2. The lowest BCUT2D eigenvalue weighted by molar-refractivity contribution is 0.103. The molecular formula is C16H13BrN2O2. The number of H-pyrrole nitrogens is 2. The molecule has 3 aromatic rings. The van der Waals surface area contributed by atoms with Crippen LogP contribution in [-0.4, -0.2) is 15.8 Å². The summed E-state index contributed by atoms with van der Waals surface area (Å²) in [6.45, 7) is 3.93. The Morgan fingerprint density at radius 3 is 2.14 bits per heavy atom.